The molecule has 0 N–H and O–H groups in total. The highest BCUT2D eigenvalue weighted by Gasteiger charge is 2.25. The van der Waals surface area contributed by atoms with Gasteiger partial charge in [-0.25, -0.2) is 0 Å². The van der Waals surface area contributed by atoms with Crippen LogP contribution in [0.25, 0.3) is 0 Å². The fourth-order valence-electron chi connectivity index (χ4n) is 1.48. The fourth-order valence-corrected chi connectivity index (χ4v) is 2.43. The first kappa shape index (κ1) is 11.0. The number of hydrogen-bond acceptors (Lipinski definition) is 3. The molecule has 0 atom stereocenters. The van der Waals surface area contributed by atoms with Gasteiger partial charge in [0.2, 0.25) is 0 Å². The van der Waals surface area contributed by atoms with Crippen LogP contribution in [0.1, 0.15) is 10.4 Å². The minimum atomic E-state index is -0.154. The first-order valence-corrected chi connectivity index (χ1v) is 5.86. The lowest BCUT2D eigenvalue weighted by molar-refractivity contribution is -0.137. The number of carbonyl (C=O) groups excluding carboxylic acids is 2. The predicted octanol–water partition coefficient (Wildman–Crippen LogP) is 1.24. The standard InChI is InChI=1S/C11H12N2O2S/c1-12-10(14)7-16-9-6-4-3-5-8(9)11(15)13(12)2/h3-6H,7H2,1-2H3. The van der Waals surface area contributed by atoms with Gasteiger partial charge in [0.15, 0.2) is 0 Å². The molecule has 1 heterocycles. The summed E-state index contributed by atoms with van der Waals surface area (Å²) >= 11 is 1.40. The molecule has 0 bridgehead atoms. The maximum atomic E-state index is 12.1. The van der Waals surface area contributed by atoms with Crippen LogP contribution in [0.2, 0.25) is 0 Å². The Balaban J connectivity index is 2.46. The van der Waals surface area contributed by atoms with E-state index in [-0.39, 0.29) is 11.8 Å². The minimum absolute atomic E-state index is 0.0737. The first-order chi connectivity index (χ1) is 7.61. The van der Waals surface area contributed by atoms with Crippen molar-refractivity contribution in [1.29, 1.82) is 0 Å². The minimum Gasteiger partial charge on any atom is -0.272 e. The zero-order valence-corrected chi connectivity index (χ0v) is 9.95. The molecule has 0 radical (unpaired) electrons. The van der Waals surface area contributed by atoms with Gasteiger partial charge >= 0.3 is 0 Å². The van der Waals surface area contributed by atoms with Crippen molar-refractivity contribution in [2.24, 2.45) is 0 Å². The van der Waals surface area contributed by atoms with Gasteiger partial charge in [-0.15, -0.1) is 11.8 Å². The summed E-state index contributed by atoms with van der Waals surface area (Å²) in [5.41, 5.74) is 0.648. The normalized spacial score (nSPS) is 16.9. The van der Waals surface area contributed by atoms with Crippen LogP contribution >= 0.6 is 11.8 Å². The topological polar surface area (TPSA) is 40.6 Å². The van der Waals surface area contributed by atoms with E-state index in [0.717, 1.165) is 4.90 Å². The maximum Gasteiger partial charge on any atom is 0.273 e. The van der Waals surface area contributed by atoms with E-state index < -0.39 is 0 Å². The number of rotatable bonds is 0. The van der Waals surface area contributed by atoms with Crippen molar-refractivity contribution in [3.8, 4) is 0 Å². The van der Waals surface area contributed by atoms with Crippen LogP contribution in [0.3, 0.4) is 0 Å². The van der Waals surface area contributed by atoms with Gasteiger partial charge in [0, 0.05) is 19.0 Å². The lowest BCUT2D eigenvalue weighted by Gasteiger charge is -2.30. The Morgan fingerprint density at radius 3 is 2.56 bits per heavy atom. The average Bonchev–Trinajstić information content (AvgIpc) is 2.32. The van der Waals surface area contributed by atoms with Crippen LogP contribution in [0, 0.1) is 0 Å². The lowest BCUT2D eigenvalue weighted by Crippen LogP contribution is -2.46. The molecule has 1 aromatic carbocycles. The van der Waals surface area contributed by atoms with Gasteiger partial charge in [0.25, 0.3) is 11.8 Å². The van der Waals surface area contributed by atoms with Gasteiger partial charge in [-0.05, 0) is 12.1 Å². The molecule has 2 rings (SSSR count). The average molecular weight is 236 g/mol. The van der Waals surface area contributed by atoms with Crippen molar-refractivity contribution in [2.75, 3.05) is 19.8 Å². The van der Waals surface area contributed by atoms with Crippen molar-refractivity contribution in [3.05, 3.63) is 29.8 Å². The van der Waals surface area contributed by atoms with Crippen LogP contribution < -0.4 is 0 Å². The van der Waals surface area contributed by atoms with Gasteiger partial charge in [-0.3, -0.25) is 19.6 Å². The molecule has 0 aliphatic carbocycles. The monoisotopic (exact) mass is 236 g/mol. The number of carbonyl (C=O) groups is 2. The molecule has 0 saturated carbocycles. The fraction of sp³-hybridized carbons (Fsp3) is 0.273. The van der Waals surface area contributed by atoms with E-state index in [9.17, 15) is 9.59 Å². The highest BCUT2D eigenvalue weighted by Crippen LogP contribution is 2.26. The smallest absolute Gasteiger partial charge is 0.272 e. The number of fused-ring (bicyclic) bond motifs is 1. The first-order valence-electron chi connectivity index (χ1n) is 4.87. The van der Waals surface area contributed by atoms with Gasteiger partial charge in [0.1, 0.15) is 0 Å². The number of amides is 2. The largest absolute Gasteiger partial charge is 0.273 e. The van der Waals surface area contributed by atoms with Crippen molar-refractivity contribution in [2.45, 2.75) is 4.90 Å². The molecule has 0 aromatic heterocycles. The Hall–Kier alpha value is -1.49. The van der Waals surface area contributed by atoms with Crippen molar-refractivity contribution in [1.82, 2.24) is 10.0 Å². The van der Waals surface area contributed by atoms with Gasteiger partial charge in [0.05, 0.1) is 11.3 Å². The molecular weight excluding hydrogens is 224 g/mol. The van der Waals surface area contributed by atoms with Crippen LogP contribution in [-0.2, 0) is 4.79 Å². The summed E-state index contributed by atoms with van der Waals surface area (Å²) in [6, 6.07) is 7.35. The Labute approximate surface area is 98.2 Å². The Kier molecular flexibility index (Phi) is 2.87. The molecule has 16 heavy (non-hydrogen) atoms. The zero-order chi connectivity index (χ0) is 11.7. The molecule has 0 saturated heterocycles. The Morgan fingerprint density at radius 1 is 1.12 bits per heavy atom. The summed E-state index contributed by atoms with van der Waals surface area (Å²) in [7, 11) is 3.21. The molecule has 0 spiro atoms. The molecule has 1 aliphatic rings. The number of thioether (sulfide) groups is 1. The number of hydrazine groups is 1. The van der Waals surface area contributed by atoms with Gasteiger partial charge in [-0.2, -0.15) is 0 Å². The van der Waals surface area contributed by atoms with E-state index in [1.54, 1.807) is 20.2 Å². The van der Waals surface area contributed by atoms with Crippen LogP contribution in [0.5, 0.6) is 0 Å². The van der Waals surface area contributed by atoms with Crippen molar-refractivity contribution in [3.63, 3.8) is 0 Å². The molecule has 2 amide bonds. The van der Waals surface area contributed by atoms with E-state index in [0.29, 0.717) is 11.3 Å². The summed E-state index contributed by atoms with van der Waals surface area (Å²) < 4.78 is 0. The molecule has 0 fully saturated rings. The number of hydrogen-bond donors (Lipinski definition) is 0. The molecule has 4 nitrogen and oxygen atoms in total. The van der Waals surface area contributed by atoms with E-state index in [1.807, 2.05) is 18.2 Å². The summed E-state index contributed by atoms with van der Waals surface area (Å²) in [5.74, 6) is 0.125. The second-order valence-corrected chi connectivity index (χ2v) is 4.55. The second kappa shape index (κ2) is 4.17. The highest BCUT2D eigenvalue weighted by atomic mass is 32.2. The third kappa shape index (κ3) is 1.78. The second-order valence-electron chi connectivity index (χ2n) is 3.53. The Morgan fingerprint density at radius 2 is 1.81 bits per heavy atom. The zero-order valence-electron chi connectivity index (χ0n) is 9.14. The van der Waals surface area contributed by atoms with E-state index in [4.69, 9.17) is 0 Å². The van der Waals surface area contributed by atoms with Crippen molar-refractivity contribution >= 4 is 23.6 Å². The summed E-state index contributed by atoms with van der Waals surface area (Å²) in [4.78, 5) is 24.6. The molecule has 84 valence electrons. The third-order valence-electron chi connectivity index (χ3n) is 2.57. The number of benzene rings is 1. The third-order valence-corrected chi connectivity index (χ3v) is 3.63. The molecule has 0 unspecified atom stereocenters. The molecule has 1 aromatic rings. The van der Waals surface area contributed by atoms with Gasteiger partial charge in [-0.1, -0.05) is 12.1 Å². The summed E-state index contributed by atoms with van der Waals surface area (Å²) in [6.07, 6.45) is 0. The summed E-state index contributed by atoms with van der Waals surface area (Å²) in [5, 5.41) is 2.70. The Bertz CT molecular complexity index is 447. The van der Waals surface area contributed by atoms with Crippen LogP contribution in [0.4, 0.5) is 0 Å². The van der Waals surface area contributed by atoms with Crippen LogP contribution in [-0.4, -0.2) is 41.7 Å². The lowest BCUT2D eigenvalue weighted by atomic mass is 10.2. The maximum absolute atomic E-state index is 12.1. The van der Waals surface area contributed by atoms with Crippen LogP contribution in [0.15, 0.2) is 29.2 Å². The van der Waals surface area contributed by atoms with E-state index in [1.165, 1.54) is 21.8 Å². The summed E-state index contributed by atoms with van der Waals surface area (Å²) in [6.45, 7) is 0. The van der Waals surface area contributed by atoms with E-state index >= 15 is 0 Å². The van der Waals surface area contributed by atoms with Gasteiger partial charge < -0.3 is 0 Å². The highest BCUT2D eigenvalue weighted by molar-refractivity contribution is 8.00. The number of nitrogens with zero attached hydrogens (tertiary/aromatic N) is 2. The molecular formula is C11H12N2O2S. The molecule has 5 heteroatoms. The SMILES string of the molecule is CN1C(=O)CSc2ccccc2C(=O)N1C. The molecule has 1 aliphatic heterocycles. The quantitative estimate of drug-likeness (QED) is 0.680. The van der Waals surface area contributed by atoms with E-state index in [2.05, 4.69) is 0 Å². The van der Waals surface area contributed by atoms with Crippen molar-refractivity contribution < 1.29 is 9.59 Å². The predicted molar refractivity (Wildman–Crippen MR) is 62.0 cm³/mol.